The van der Waals surface area contributed by atoms with E-state index in [-0.39, 0.29) is 29.2 Å². The molecule has 2 rings (SSSR count). The van der Waals surface area contributed by atoms with Crippen LogP contribution in [0.1, 0.15) is 52.9 Å². The van der Waals surface area contributed by atoms with Crippen LogP contribution < -0.4 is 0 Å². The molecule has 1 heterocycles. The number of ether oxygens (including phenoxy) is 1. The van der Waals surface area contributed by atoms with Gasteiger partial charge in [-0.25, -0.2) is 4.79 Å². The second kappa shape index (κ2) is 7.52. The van der Waals surface area contributed by atoms with Gasteiger partial charge in [0.2, 0.25) is 5.91 Å². The Morgan fingerprint density at radius 1 is 1.33 bits per heavy atom. The SMILES string of the molecule is CCCOC(=O)C1CSC(CC(C)C)N1C(=O)C1CCC1. The summed E-state index contributed by atoms with van der Waals surface area (Å²) < 4.78 is 5.29. The largest absolute Gasteiger partial charge is 0.464 e. The Morgan fingerprint density at radius 2 is 2.05 bits per heavy atom. The van der Waals surface area contributed by atoms with E-state index in [4.69, 9.17) is 4.74 Å². The molecule has 0 bridgehead atoms. The first-order chi connectivity index (χ1) is 10.0. The first-order valence-corrected chi connectivity index (χ1v) is 9.19. The number of hydrogen-bond acceptors (Lipinski definition) is 4. The molecule has 0 N–H and O–H groups in total. The van der Waals surface area contributed by atoms with Gasteiger partial charge >= 0.3 is 5.97 Å². The van der Waals surface area contributed by atoms with Gasteiger partial charge in [0.1, 0.15) is 6.04 Å². The average Bonchev–Trinajstić information content (AvgIpc) is 2.76. The third kappa shape index (κ3) is 3.93. The number of esters is 1. The van der Waals surface area contributed by atoms with Crippen LogP contribution in [-0.4, -0.2) is 40.6 Å². The van der Waals surface area contributed by atoms with Gasteiger partial charge in [0.25, 0.3) is 0 Å². The monoisotopic (exact) mass is 313 g/mol. The van der Waals surface area contributed by atoms with Crippen molar-refractivity contribution in [2.75, 3.05) is 12.4 Å². The minimum absolute atomic E-state index is 0.136. The summed E-state index contributed by atoms with van der Waals surface area (Å²) >= 11 is 1.73. The third-order valence-electron chi connectivity index (χ3n) is 4.19. The molecule has 1 aliphatic heterocycles. The Labute approximate surface area is 132 Å². The van der Waals surface area contributed by atoms with Gasteiger partial charge in [0.05, 0.1) is 12.0 Å². The number of nitrogens with zero attached hydrogens (tertiary/aromatic N) is 1. The lowest BCUT2D eigenvalue weighted by atomic mass is 9.84. The van der Waals surface area contributed by atoms with Crippen LogP contribution in [0.3, 0.4) is 0 Å². The maximum Gasteiger partial charge on any atom is 0.329 e. The summed E-state index contributed by atoms with van der Waals surface area (Å²) in [5.74, 6) is 1.29. The molecule has 0 aromatic carbocycles. The zero-order valence-corrected chi connectivity index (χ0v) is 14.2. The second-order valence-electron chi connectivity index (χ2n) is 6.47. The number of carbonyl (C=O) groups is 2. The molecule has 5 heteroatoms. The predicted molar refractivity (Wildman–Crippen MR) is 84.9 cm³/mol. The van der Waals surface area contributed by atoms with E-state index in [0.717, 1.165) is 32.1 Å². The quantitative estimate of drug-likeness (QED) is 0.707. The first-order valence-electron chi connectivity index (χ1n) is 8.15. The molecule has 0 radical (unpaired) electrons. The van der Waals surface area contributed by atoms with Crippen molar-refractivity contribution in [2.45, 2.75) is 64.3 Å². The summed E-state index contributed by atoms with van der Waals surface area (Å²) in [5.41, 5.74) is 0. The van der Waals surface area contributed by atoms with Crippen LogP contribution in [0.15, 0.2) is 0 Å². The number of amides is 1. The molecular formula is C16H27NO3S. The van der Waals surface area contributed by atoms with Crippen molar-refractivity contribution in [2.24, 2.45) is 11.8 Å². The highest BCUT2D eigenvalue weighted by atomic mass is 32.2. The molecule has 21 heavy (non-hydrogen) atoms. The topological polar surface area (TPSA) is 46.6 Å². The smallest absolute Gasteiger partial charge is 0.329 e. The van der Waals surface area contributed by atoms with Crippen molar-refractivity contribution >= 4 is 23.6 Å². The van der Waals surface area contributed by atoms with Gasteiger partial charge in [-0.05, 0) is 31.6 Å². The van der Waals surface area contributed by atoms with Gasteiger partial charge in [0.15, 0.2) is 0 Å². The molecular weight excluding hydrogens is 286 g/mol. The predicted octanol–water partition coefficient (Wildman–Crippen LogP) is 3.06. The lowest BCUT2D eigenvalue weighted by Gasteiger charge is -2.35. The summed E-state index contributed by atoms with van der Waals surface area (Å²) in [6, 6.07) is -0.376. The summed E-state index contributed by atoms with van der Waals surface area (Å²) in [6.45, 7) is 6.75. The molecule has 1 amide bonds. The van der Waals surface area contributed by atoms with Gasteiger partial charge in [-0.2, -0.15) is 0 Å². The first kappa shape index (κ1) is 16.7. The highest BCUT2D eigenvalue weighted by Gasteiger charge is 2.45. The van der Waals surface area contributed by atoms with Crippen molar-refractivity contribution in [1.29, 1.82) is 0 Å². The summed E-state index contributed by atoms with van der Waals surface area (Å²) in [5, 5.41) is 0.136. The number of hydrogen-bond donors (Lipinski definition) is 0. The van der Waals surface area contributed by atoms with Crippen molar-refractivity contribution < 1.29 is 14.3 Å². The van der Waals surface area contributed by atoms with Crippen LogP contribution in [0, 0.1) is 11.8 Å². The fourth-order valence-corrected chi connectivity index (χ4v) is 4.42. The molecule has 4 nitrogen and oxygen atoms in total. The molecule has 120 valence electrons. The van der Waals surface area contributed by atoms with Crippen LogP contribution in [0.2, 0.25) is 0 Å². The number of thioether (sulfide) groups is 1. The third-order valence-corrected chi connectivity index (χ3v) is 5.51. The van der Waals surface area contributed by atoms with E-state index in [1.54, 1.807) is 11.8 Å². The Balaban J connectivity index is 2.07. The summed E-state index contributed by atoms with van der Waals surface area (Å²) in [7, 11) is 0. The van der Waals surface area contributed by atoms with E-state index in [1.807, 2.05) is 11.8 Å². The highest BCUT2D eigenvalue weighted by Crippen LogP contribution is 2.38. The molecule has 1 saturated carbocycles. The van der Waals surface area contributed by atoms with Crippen LogP contribution in [0.25, 0.3) is 0 Å². The highest BCUT2D eigenvalue weighted by molar-refractivity contribution is 8.00. The molecule has 2 unspecified atom stereocenters. The average molecular weight is 313 g/mol. The van der Waals surface area contributed by atoms with E-state index in [1.165, 1.54) is 0 Å². The van der Waals surface area contributed by atoms with Crippen molar-refractivity contribution in [3.63, 3.8) is 0 Å². The van der Waals surface area contributed by atoms with Crippen LogP contribution in [-0.2, 0) is 14.3 Å². The molecule has 2 atom stereocenters. The lowest BCUT2D eigenvalue weighted by molar-refractivity contribution is -0.156. The summed E-state index contributed by atoms with van der Waals surface area (Å²) in [4.78, 5) is 26.8. The Kier molecular flexibility index (Phi) is 5.97. The fraction of sp³-hybridized carbons (Fsp3) is 0.875. The minimum Gasteiger partial charge on any atom is -0.464 e. The number of carbonyl (C=O) groups excluding carboxylic acids is 2. The minimum atomic E-state index is -0.376. The zero-order valence-electron chi connectivity index (χ0n) is 13.3. The van der Waals surface area contributed by atoms with Gasteiger partial charge < -0.3 is 9.64 Å². The van der Waals surface area contributed by atoms with Crippen molar-refractivity contribution in [1.82, 2.24) is 4.90 Å². The zero-order chi connectivity index (χ0) is 15.4. The number of rotatable bonds is 6. The van der Waals surface area contributed by atoms with E-state index >= 15 is 0 Å². The van der Waals surface area contributed by atoms with Gasteiger partial charge in [-0.3, -0.25) is 4.79 Å². The molecule has 1 saturated heterocycles. The summed E-state index contributed by atoms with van der Waals surface area (Å²) in [6.07, 6.45) is 4.85. The van der Waals surface area contributed by atoms with Crippen LogP contribution in [0.5, 0.6) is 0 Å². The fourth-order valence-electron chi connectivity index (χ4n) is 2.79. The van der Waals surface area contributed by atoms with E-state index in [0.29, 0.717) is 18.3 Å². The molecule has 0 aromatic rings. The Morgan fingerprint density at radius 3 is 2.57 bits per heavy atom. The standard InChI is InChI=1S/C16H27NO3S/c1-4-8-20-16(19)13-10-21-14(9-11(2)3)17(13)15(18)12-6-5-7-12/h11-14H,4-10H2,1-3H3. The molecule has 2 fully saturated rings. The van der Waals surface area contributed by atoms with Crippen LogP contribution in [0.4, 0.5) is 0 Å². The second-order valence-corrected chi connectivity index (χ2v) is 7.68. The van der Waals surface area contributed by atoms with Crippen LogP contribution >= 0.6 is 11.8 Å². The van der Waals surface area contributed by atoms with E-state index in [2.05, 4.69) is 13.8 Å². The molecule has 0 aromatic heterocycles. The molecule has 2 aliphatic rings. The molecule has 0 spiro atoms. The Bertz CT molecular complexity index is 382. The normalized spacial score (nSPS) is 26.0. The van der Waals surface area contributed by atoms with E-state index in [9.17, 15) is 9.59 Å². The van der Waals surface area contributed by atoms with E-state index < -0.39 is 0 Å². The van der Waals surface area contributed by atoms with Gasteiger partial charge in [0, 0.05) is 11.7 Å². The Hall–Kier alpha value is -0.710. The lowest BCUT2D eigenvalue weighted by Crippen LogP contribution is -2.50. The van der Waals surface area contributed by atoms with Crippen molar-refractivity contribution in [3.8, 4) is 0 Å². The van der Waals surface area contributed by atoms with Crippen molar-refractivity contribution in [3.05, 3.63) is 0 Å². The maximum atomic E-state index is 12.7. The maximum absolute atomic E-state index is 12.7. The van der Waals surface area contributed by atoms with Gasteiger partial charge in [-0.15, -0.1) is 11.8 Å². The van der Waals surface area contributed by atoms with Gasteiger partial charge in [-0.1, -0.05) is 27.2 Å². The molecule has 1 aliphatic carbocycles.